The van der Waals surface area contributed by atoms with Crippen LogP contribution < -0.4 is 10.1 Å². The van der Waals surface area contributed by atoms with Gasteiger partial charge in [0.2, 0.25) is 0 Å². The average Bonchev–Trinajstić information content (AvgIpc) is 2.36. The molecule has 0 bridgehead atoms. The van der Waals surface area contributed by atoms with Crippen molar-refractivity contribution in [3.8, 4) is 5.75 Å². The van der Waals surface area contributed by atoms with E-state index in [1.54, 1.807) is 7.11 Å². The summed E-state index contributed by atoms with van der Waals surface area (Å²) >= 11 is 0. The number of nitrogens with one attached hydrogen (secondary N) is 1. The molecule has 1 heterocycles. The van der Waals surface area contributed by atoms with E-state index in [4.69, 9.17) is 4.74 Å². The zero-order chi connectivity index (χ0) is 13.1. The normalized spacial score (nSPS) is 25.1. The van der Waals surface area contributed by atoms with Crippen LogP contribution in [0.25, 0.3) is 0 Å². The van der Waals surface area contributed by atoms with Crippen LogP contribution in [0.15, 0.2) is 18.2 Å². The van der Waals surface area contributed by atoms with Crippen molar-refractivity contribution in [1.82, 2.24) is 10.2 Å². The van der Waals surface area contributed by atoms with Gasteiger partial charge in [0.05, 0.1) is 7.11 Å². The van der Waals surface area contributed by atoms with Crippen molar-refractivity contribution in [3.63, 3.8) is 0 Å². The molecule has 0 radical (unpaired) electrons. The number of hydrogen-bond acceptors (Lipinski definition) is 3. The third-order valence-corrected chi connectivity index (χ3v) is 3.85. The number of piperazine rings is 1. The Bertz CT molecular complexity index is 395. The maximum atomic E-state index is 5.40. The van der Waals surface area contributed by atoms with Crippen LogP contribution in [0.5, 0.6) is 5.75 Å². The number of ether oxygens (including phenoxy) is 1. The minimum absolute atomic E-state index is 0.584. The highest BCUT2D eigenvalue weighted by Gasteiger charge is 2.24. The molecule has 18 heavy (non-hydrogen) atoms. The second-order valence-corrected chi connectivity index (χ2v) is 5.33. The molecule has 0 amide bonds. The SMILES string of the molecule is COc1cc(CN2[C@H](C)CNC[C@@H]2C)ccc1C. The standard InChI is InChI=1S/C15H24N2O/c1-11-5-6-14(7-15(11)18-4)10-17-12(2)8-16-9-13(17)3/h5-7,12-13,16H,8-10H2,1-4H3/t12-,13+. The Balaban J connectivity index is 2.12. The van der Waals surface area contributed by atoms with Crippen molar-refractivity contribution in [2.24, 2.45) is 0 Å². The van der Waals surface area contributed by atoms with Gasteiger partial charge in [0.15, 0.2) is 0 Å². The molecule has 0 aromatic heterocycles. The number of methoxy groups -OCH3 is 1. The number of aryl methyl sites for hydroxylation is 1. The summed E-state index contributed by atoms with van der Waals surface area (Å²) in [6.07, 6.45) is 0. The Morgan fingerprint density at radius 2 is 1.94 bits per heavy atom. The molecule has 1 fully saturated rings. The van der Waals surface area contributed by atoms with Gasteiger partial charge in [-0.1, -0.05) is 12.1 Å². The van der Waals surface area contributed by atoms with Crippen molar-refractivity contribution in [2.75, 3.05) is 20.2 Å². The molecular weight excluding hydrogens is 224 g/mol. The van der Waals surface area contributed by atoms with Crippen molar-refractivity contribution >= 4 is 0 Å². The average molecular weight is 248 g/mol. The molecule has 1 aliphatic heterocycles. The Hall–Kier alpha value is -1.06. The van der Waals surface area contributed by atoms with E-state index in [-0.39, 0.29) is 0 Å². The van der Waals surface area contributed by atoms with Gasteiger partial charge in [-0.2, -0.15) is 0 Å². The highest BCUT2D eigenvalue weighted by molar-refractivity contribution is 5.36. The first-order chi connectivity index (χ1) is 8.61. The van der Waals surface area contributed by atoms with E-state index >= 15 is 0 Å². The van der Waals surface area contributed by atoms with Gasteiger partial charge in [-0.05, 0) is 38.0 Å². The number of nitrogens with zero attached hydrogens (tertiary/aromatic N) is 1. The smallest absolute Gasteiger partial charge is 0.122 e. The quantitative estimate of drug-likeness (QED) is 0.887. The van der Waals surface area contributed by atoms with Crippen LogP contribution in [-0.4, -0.2) is 37.2 Å². The molecule has 1 N–H and O–H groups in total. The lowest BCUT2D eigenvalue weighted by Crippen LogP contribution is -2.54. The molecule has 3 heteroatoms. The predicted octanol–water partition coefficient (Wildman–Crippen LogP) is 2.19. The lowest BCUT2D eigenvalue weighted by molar-refractivity contribution is 0.108. The minimum atomic E-state index is 0.584. The monoisotopic (exact) mass is 248 g/mol. The lowest BCUT2D eigenvalue weighted by atomic mass is 10.1. The Labute approximate surface area is 110 Å². The van der Waals surface area contributed by atoms with Crippen LogP contribution in [0.2, 0.25) is 0 Å². The van der Waals surface area contributed by atoms with E-state index in [9.17, 15) is 0 Å². The molecule has 2 atom stereocenters. The first-order valence-electron chi connectivity index (χ1n) is 6.71. The molecule has 1 aromatic carbocycles. The summed E-state index contributed by atoms with van der Waals surface area (Å²) in [4.78, 5) is 2.56. The van der Waals surface area contributed by atoms with Crippen LogP contribution in [0.4, 0.5) is 0 Å². The second-order valence-electron chi connectivity index (χ2n) is 5.33. The first kappa shape index (κ1) is 13.4. The topological polar surface area (TPSA) is 24.5 Å². The van der Waals surface area contributed by atoms with Gasteiger partial charge in [-0.3, -0.25) is 4.90 Å². The molecular formula is C15H24N2O. The molecule has 3 nitrogen and oxygen atoms in total. The molecule has 1 aliphatic rings. The maximum absolute atomic E-state index is 5.40. The van der Waals surface area contributed by atoms with Crippen molar-refractivity contribution < 1.29 is 4.74 Å². The summed E-state index contributed by atoms with van der Waals surface area (Å²) in [5, 5.41) is 3.47. The minimum Gasteiger partial charge on any atom is -0.496 e. The van der Waals surface area contributed by atoms with E-state index in [1.807, 2.05) is 0 Å². The molecule has 2 rings (SSSR count). The summed E-state index contributed by atoms with van der Waals surface area (Å²) in [7, 11) is 1.74. The van der Waals surface area contributed by atoms with E-state index in [0.717, 1.165) is 25.4 Å². The second kappa shape index (κ2) is 5.72. The van der Waals surface area contributed by atoms with E-state index in [1.165, 1.54) is 11.1 Å². The third kappa shape index (κ3) is 2.85. The van der Waals surface area contributed by atoms with Gasteiger partial charge in [-0.15, -0.1) is 0 Å². The summed E-state index contributed by atoms with van der Waals surface area (Å²) in [6.45, 7) is 9.81. The summed E-state index contributed by atoms with van der Waals surface area (Å²) in [5.41, 5.74) is 2.53. The van der Waals surface area contributed by atoms with E-state index < -0.39 is 0 Å². The van der Waals surface area contributed by atoms with E-state index in [2.05, 4.69) is 49.2 Å². The van der Waals surface area contributed by atoms with Gasteiger partial charge in [0.25, 0.3) is 0 Å². The highest BCUT2D eigenvalue weighted by atomic mass is 16.5. The summed E-state index contributed by atoms with van der Waals surface area (Å²) in [5.74, 6) is 0.989. The van der Waals surface area contributed by atoms with E-state index in [0.29, 0.717) is 12.1 Å². The van der Waals surface area contributed by atoms with Crippen molar-refractivity contribution in [2.45, 2.75) is 39.4 Å². The predicted molar refractivity (Wildman–Crippen MR) is 75.1 cm³/mol. The fourth-order valence-electron chi connectivity index (χ4n) is 2.66. The van der Waals surface area contributed by atoms with Crippen LogP contribution in [-0.2, 0) is 6.54 Å². The largest absolute Gasteiger partial charge is 0.496 e. The summed E-state index contributed by atoms with van der Waals surface area (Å²) < 4.78 is 5.40. The fraction of sp³-hybridized carbons (Fsp3) is 0.600. The van der Waals surface area contributed by atoms with Gasteiger partial charge < -0.3 is 10.1 Å². The zero-order valence-electron chi connectivity index (χ0n) is 11.9. The number of rotatable bonds is 3. The van der Waals surface area contributed by atoms with Crippen molar-refractivity contribution in [3.05, 3.63) is 29.3 Å². The highest BCUT2D eigenvalue weighted by Crippen LogP contribution is 2.22. The molecule has 0 spiro atoms. The van der Waals surface area contributed by atoms with Crippen LogP contribution in [0, 0.1) is 6.92 Å². The van der Waals surface area contributed by atoms with Gasteiger partial charge in [-0.25, -0.2) is 0 Å². The molecule has 1 aromatic rings. The molecule has 1 saturated heterocycles. The Morgan fingerprint density at radius 3 is 2.56 bits per heavy atom. The molecule has 100 valence electrons. The van der Waals surface area contributed by atoms with Crippen molar-refractivity contribution in [1.29, 1.82) is 0 Å². The van der Waals surface area contributed by atoms with Crippen LogP contribution >= 0.6 is 0 Å². The molecule has 0 aliphatic carbocycles. The number of benzene rings is 1. The molecule has 0 unspecified atom stereocenters. The van der Waals surface area contributed by atoms with Gasteiger partial charge in [0.1, 0.15) is 5.75 Å². The third-order valence-electron chi connectivity index (χ3n) is 3.85. The Kier molecular flexibility index (Phi) is 4.25. The zero-order valence-corrected chi connectivity index (χ0v) is 11.9. The Morgan fingerprint density at radius 1 is 1.28 bits per heavy atom. The van der Waals surface area contributed by atoms with Crippen LogP contribution in [0.1, 0.15) is 25.0 Å². The maximum Gasteiger partial charge on any atom is 0.122 e. The van der Waals surface area contributed by atoms with Crippen LogP contribution in [0.3, 0.4) is 0 Å². The molecule has 0 saturated carbocycles. The fourth-order valence-corrected chi connectivity index (χ4v) is 2.66. The first-order valence-corrected chi connectivity index (χ1v) is 6.71. The van der Waals surface area contributed by atoms with Gasteiger partial charge >= 0.3 is 0 Å². The number of hydrogen-bond donors (Lipinski definition) is 1. The van der Waals surface area contributed by atoms with Gasteiger partial charge in [0, 0.05) is 31.7 Å². The lowest BCUT2D eigenvalue weighted by Gasteiger charge is -2.39. The summed E-state index contributed by atoms with van der Waals surface area (Å²) in [6, 6.07) is 7.68.